The maximum Gasteiger partial charge on any atom is 0.196 e. The van der Waals surface area contributed by atoms with Gasteiger partial charge >= 0.3 is 0 Å². The first-order chi connectivity index (χ1) is 10.2. The van der Waals surface area contributed by atoms with Gasteiger partial charge in [-0.25, -0.2) is 0 Å². The minimum atomic E-state index is 0.00495. The van der Waals surface area contributed by atoms with Gasteiger partial charge in [-0.3, -0.25) is 4.79 Å². The molecular formula is C18H15ClO2. The van der Waals surface area contributed by atoms with Gasteiger partial charge in [0.15, 0.2) is 5.78 Å². The molecule has 0 aromatic heterocycles. The highest BCUT2D eigenvalue weighted by molar-refractivity contribution is 6.31. The molecule has 1 heterocycles. The van der Waals surface area contributed by atoms with Gasteiger partial charge < -0.3 is 4.74 Å². The number of carbonyl (C=O) groups excluding carboxylic acids is 1. The van der Waals surface area contributed by atoms with E-state index < -0.39 is 0 Å². The number of fused-ring (bicyclic) bond motifs is 2. The molecule has 1 aliphatic heterocycles. The summed E-state index contributed by atoms with van der Waals surface area (Å²) in [5, 5.41) is 0.601. The normalized spacial score (nSPS) is 15.5. The van der Waals surface area contributed by atoms with Crippen LogP contribution in [0.15, 0.2) is 30.3 Å². The molecule has 0 saturated carbocycles. The van der Waals surface area contributed by atoms with Crippen LogP contribution in [0, 0.1) is 0 Å². The summed E-state index contributed by atoms with van der Waals surface area (Å²) < 4.78 is 5.64. The van der Waals surface area contributed by atoms with E-state index in [0.717, 1.165) is 30.4 Å². The van der Waals surface area contributed by atoms with E-state index in [9.17, 15) is 4.79 Å². The molecule has 4 rings (SSSR count). The molecule has 0 amide bonds. The average molecular weight is 299 g/mol. The van der Waals surface area contributed by atoms with Crippen molar-refractivity contribution in [1.82, 2.24) is 0 Å². The zero-order valence-electron chi connectivity index (χ0n) is 11.6. The van der Waals surface area contributed by atoms with Gasteiger partial charge in [-0.05, 0) is 54.2 Å². The summed E-state index contributed by atoms with van der Waals surface area (Å²) in [5.41, 5.74) is 5.04. The van der Waals surface area contributed by atoms with Gasteiger partial charge in [0, 0.05) is 17.0 Å². The number of benzene rings is 2. The van der Waals surface area contributed by atoms with Crippen LogP contribution in [-0.2, 0) is 19.3 Å². The van der Waals surface area contributed by atoms with Crippen LogP contribution in [0.3, 0.4) is 0 Å². The molecule has 2 aromatic carbocycles. The Labute approximate surface area is 128 Å². The predicted molar refractivity (Wildman–Crippen MR) is 82.6 cm³/mol. The van der Waals surface area contributed by atoms with Crippen molar-refractivity contribution in [3.05, 3.63) is 63.2 Å². The molecule has 0 bridgehead atoms. The topological polar surface area (TPSA) is 26.3 Å². The Bertz CT molecular complexity index is 749. The lowest BCUT2D eigenvalue weighted by Crippen LogP contribution is -2.05. The minimum Gasteiger partial charge on any atom is -0.492 e. The molecule has 0 saturated heterocycles. The summed E-state index contributed by atoms with van der Waals surface area (Å²) in [5.74, 6) is 0.718. The van der Waals surface area contributed by atoms with E-state index in [0.29, 0.717) is 22.9 Å². The second-order valence-electron chi connectivity index (χ2n) is 5.71. The lowest BCUT2D eigenvalue weighted by Gasteiger charge is -2.09. The van der Waals surface area contributed by atoms with Crippen molar-refractivity contribution in [2.24, 2.45) is 0 Å². The van der Waals surface area contributed by atoms with E-state index in [4.69, 9.17) is 16.3 Å². The number of ether oxygens (including phenoxy) is 1. The fraction of sp³-hybridized carbons (Fsp3) is 0.278. The van der Waals surface area contributed by atoms with Gasteiger partial charge in [0.2, 0.25) is 0 Å². The first-order valence-electron chi connectivity index (χ1n) is 7.34. The van der Waals surface area contributed by atoms with Crippen LogP contribution in [0.25, 0.3) is 0 Å². The molecule has 0 N–H and O–H groups in total. The van der Waals surface area contributed by atoms with Crippen molar-refractivity contribution >= 4 is 17.4 Å². The molecule has 0 radical (unpaired) electrons. The second kappa shape index (κ2) is 4.88. The van der Waals surface area contributed by atoms with Crippen LogP contribution in [0.5, 0.6) is 5.75 Å². The zero-order valence-corrected chi connectivity index (χ0v) is 12.4. The molecule has 21 heavy (non-hydrogen) atoms. The fourth-order valence-corrected chi connectivity index (χ4v) is 3.55. The van der Waals surface area contributed by atoms with Crippen LogP contribution in [0.1, 0.15) is 39.0 Å². The highest BCUT2D eigenvalue weighted by atomic mass is 35.5. The smallest absolute Gasteiger partial charge is 0.196 e. The van der Waals surface area contributed by atoms with Gasteiger partial charge in [-0.1, -0.05) is 23.7 Å². The Morgan fingerprint density at radius 3 is 2.76 bits per heavy atom. The van der Waals surface area contributed by atoms with Gasteiger partial charge in [0.05, 0.1) is 12.2 Å². The van der Waals surface area contributed by atoms with Gasteiger partial charge in [0.1, 0.15) is 5.75 Å². The monoisotopic (exact) mass is 298 g/mol. The highest BCUT2D eigenvalue weighted by Gasteiger charge is 2.23. The molecule has 0 unspecified atom stereocenters. The largest absolute Gasteiger partial charge is 0.492 e. The third-order valence-corrected chi connectivity index (χ3v) is 4.57. The summed E-state index contributed by atoms with van der Waals surface area (Å²) in [4.78, 5) is 12.8. The van der Waals surface area contributed by atoms with Crippen LogP contribution in [0.4, 0.5) is 0 Å². The Morgan fingerprint density at radius 1 is 1.00 bits per heavy atom. The van der Waals surface area contributed by atoms with Crippen molar-refractivity contribution in [2.45, 2.75) is 25.7 Å². The first-order valence-corrected chi connectivity index (χ1v) is 7.72. The lowest BCUT2D eigenvalue weighted by atomic mass is 9.97. The van der Waals surface area contributed by atoms with E-state index in [1.807, 2.05) is 18.2 Å². The van der Waals surface area contributed by atoms with E-state index in [-0.39, 0.29) is 5.78 Å². The molecule has 0 fully saturated rings. The van der Waals surface area contributed by atoms with E-state index in [2.05, 4.69) is 6.07 Å². The molecule has 0 atom stereocenters. The molecule has 3 heteroatoms. The number of hydrogen-bond donors (Lipinski definition) is 0. The minimum absolute atomic E-state index is 0.00495. The Balaban J connectivity index is 1.79. The quantitative estimate of drug-likeness (QED) is 0.784. The average Bonchev–Trinajstić information content (AvgIpc) is 3.12. The van der Waals surface area contributed by atoms with Crippen molar-refractivity contribution in [3.63, 3.8) is 0 Å². The van der Waals surface area contributed by atoms with Gasteiger partial charge in [-0.2, -0.15) is 0 Å². The molecule has 1 aliphatic carbocycles. The van der Waals surface area contributed by atoms with E-state index in [1.54, 1.807) is 6.07 Å². The molecule has 2 aromatic rings. The van der Waals surface area contributed by atoms with Crippen molar-refractivity contribution in [2.75, 3.05) is 6.61 Å². The summed E-state index contributed by atoms with van der Waals surface area (Å²) in [6.45, 7) is 0.625. The molecule has 106 valence electrons. The standard InChI is InChI=1S/C18H15ClO2/c19-15-9-14-6-7-21-18(14)16(10-15)17(20)13-5-4-11-2-1-3-12(11)8-13/h4-5,8-10H,1-3,6-7H2. The van der Waals surface area contributed by atoms with Crippen molar-refractivity contribution in [3.8, 4) is 5.75 Å². The van der Waals surface area contributed by atoms with Crippen LogP contribution >= 0.6 is 11.6 Å². The van der Waals surface area contributed by atoms with Crippen molar-refractivity contribution in [1.29, 1.82) is 0 Å². The Morgan fingerprint density at radius 2 is 1.86 bits per heavy atom. The fourth-order valence-electron chi connectivity index (χ4n) is 3.31. The summed E-state index contributed by atoms with van der Waals surface area (Å²) in [7, 11) is 0. The number of halogens is 1. The highest BCUT2D eigenvalue weighted by Crippen LogP contribution is 2.34. The number of carbonyl (C=O) groups is 1. The second-order valence-corrected chi connectivity index (χ2v) is 6.14. The molecule has 0 spiro atoms. The van der Waals surface area contributed by atoms with Gasteiger partial charge in [-0.15, -0.1) is 0 Å². The predicted octanol–water partition coefficient (Wildman–Crippen LogP) is 3.99. The zero-order chi connectivity index (χ0) is 14.4. The third kappa shape index (κ3) is 2.14. The van der Waals surface area contributed by atoms with E-state index in [1.165, 1.54) is 17.5 Å². The van der Waals surface area contributed by atoms with E-state index >= 15 is 0 Å². The van der Waals surface area contributed by atoms with Crippen LogP contribution in [-0.4, -0.2) is 12.4 Å². The third-order valence-electron chi connectivity index (χ3n) is 4.35. The summed E-state index contributed by atoms with van der Waals surface area (Å²) in [6, 6.07) is 9.66. The number of ketones is 1. The maximum atomic E-state index is 12.8. The van der Waals surface area contributed by atoms with Crippen molar-refractivity contribution < 1.29 is 9.53 Å². The number of rotatable bonds is 2. The summed E-state index contributed by atoms with van der Waals surface area (Å²) in [6.07, 6.45) is 4.20. The Hall–Kier alpha value is -1.80. The van der Waals surface area contributed by atoms with Crippen LogP contribution in [0.2, 0.25) is 5.02 Å². The lowest BCUT2D eigenvalue weighted by molar-refractivity contribution is 0.103. The Kier molecular flexibility index (Phi) is 3.00. The first kappa shape index (κ1) is 12.9. The number of hydrogen-bond acceptors (Lipinski definition) is 2. The molecule has 2 nitrogen and oxygen atoms in total. The SMILES string of the molecule is O=C(c1ccc2c(c1)CCC2)c1cc(Cl)cc2c1OCC2. The maximum absolute atomic E-state index is 12.8. The number of aryl methyl sites for hydroxylation is 2. The van der Waals surface area contributed by atoms with Gasteiger partial charge in [0.25, 0.3) is 0 Å². The van der Waals surface area contributed by atoms with Crippen LogP contribution < -0.4 is 4.74 Å². The summed E-state index contributed by atoms with van der Waals surface area (Å²) >= 11 is 6.15. The molecular weight excluding hydrogens is 284 g/mol. The molecule has 2 aliphatic rings.